The van der Waals surface area contributed by atoms with Crippen LogP contribution in [0.25, 0.3) is 0 Å². The van der Waals surface area contributed by atoms with E-state index in [-0.39, 0.29) is 11.9 Å². The average molecular weight is 319 g/mol. The van der Waals surface area contributed by atoms with Crippen molar-refractivity contribution in [1.29, 1.82) is 0 Å². The number of Topliss-reactive ketones (excluding diaryl/α,β-unsaturated/α-hetero) is 1. The third-order valence-corrected chi connectivity index (χ3v) is 4.26. The molecule has 126 valence electrons. The lowest BCUT2D eigenvalue weighted by Gasteiger charge is -2.31. The Balaban J connectivity index is 1.85. The number of carbonyl (C=O) groups excluding carboxylic acids is 2. The predicted molar refractivity (Wildman–Crippen MR) is 87.1 cm³/mol. The Morgan fingerprint density at radius 3 is 2.43 bits per heavy atom. The van der Waals surface area contributed by atoms with Crippen LogP contribution in [0.3, 0.4) is 0 Å². The smallest absolute Gasteiger partial charge is 0.409 e. The highest BCUT2D eigenvalue weighted by molar-refractivity contribution is 5.84. The monoisotopic (exact) mass is 319 g/mol. The normalized spacial score (nSPS) is 16.9. The van der Waals surface area contributed by atoms with Crippen molar-refractivity contribution in [3.05, 3.63) is 35.9 Å². The lowest BCUT2D eigenvalue weighted by Crippen LogP contribution is -2.39. The summed E-state index contributed by atoms with van der Waals surface area (Å²) < 4.78 is 10.4. The largest absolute Gasteiger partial charge is 0.450 e. The number of piperidine rings is 1. The molecule has 1 saturated heterocycles. The fourth-order valence-electron chi connectivity index (χ4n) is 3.01. The van der Waals surface area contributed by atoms with E-state index in [1.807, 2.05) is 30.3 Å². The topological polar surface area (TPSA) is 55.8 Å². The molecule has 5 nitrogen and oxygen atoms in total. The maximum absolute atomic E-state index is 12.5. The maximum atomic E-state index is 12.5. The number of carbonyl (C=O) groups is 2. The van der Waals surface area contributed by atoms with Crippen molar-refractivity contribution in [3.63, 3.8) is 0 Å². The van der Waals surface area contributed by atoms with Crippen LogP contribution in [-0.2, 0) is 14.3 Å². The molecule has 1 aromatic rings. The molecule has 23 heavy (non-hydrogen) atoms. The van der Waals surface area contributed by atoms with Gasteiger partial charge >= 0.3 is 6.09 Å². The molecule has 1 aliphatic rings. The number of ether oxygens (including phenoxy) is 2. The van der Waals surface area contributed by atoms with Gasteiger partial charge in [-0.3, -0.25) is 4.79 Å². The van der Waals surface area contributed by atoms with Gasteiger partial charge in [0.15, 0.2) is 5.78 Å². The van der Waals surface area contributed by atoms with E-state index in [9.17, 15) is 9.59 Å². The molecular weight excluding hydrogens is 294 g/mol. The predicted octanol–water partition coefficient (Wildman–Crippen LogP) is 3.20. The lowest BCUT2D eigenvalue weighted by atomic mass is 9.89. The van der Waals surface area contributed by atoms with Gasteiger partial charge in [-0.05, 0) is 31.2 Å². The van der Waals surface area contributed by atoms with Crippen LogP contribution in [0.1, 0.15) is 37.9 Å². The Kier molecular flexibility index (Phi) is 6.59. The maximum Gasteiger partial charge on any atom is 0.409 e. The number of nitrogens with zero attached hydrogens (tertiary/aromatic N) is 1. The van der Waals surface area contributed by atoms with Gasteiger partial charge in [0.2, 0.25) is 0 Å². The highest BCUT2D eigenvalue weighted by Crippen LogP contribution is 2.26. The fraction of sp³-hybridized carbons (Fsp3) is 0.556. The zero-order valence-corrected chi connectivity index (χ0v) is 13.9. The summed E-state index contributed by atoms with van der Waals surface area (Å²) >= 11 is 0. The molecule has 0 aromatic heterocycles. The van der Waals surface area contributed by atoms with E-state index >= 15 is 0 Å². The van der Waals surface area contributed by atoms with Gasteiger partial charge in [0.1, 0.15) is 6.10 Å². The molecule has 1 aliphatic heterocycles. The van der Waals surface area contributed by atoms with Gasteiger partial charge < -0.3 is 14.4 Å². The Hall–Kier alpha value is -1.88. The third kappa shape index (κ3) is 4.79. The first-order valence-corrected chi connectivity index (χ1v) is 8.17. The van der Waals surface area contributed by atoms with E-state index in [0.29, 0.717) is 32.0 Å². The molecule has 0 N–H and O–H groups in total. The molecule has 5 heteroatoms. The molecule has 0 spiro atoms. The first-order chi connectivity index (χ1) is 11.2. The summed E-state index contributed by atoms with van der Waals surface area (Å²) in [7, 11) is 1.57. The summed E-state index contributed by atoms with van der Waals surface area (Å²) in [5.74, 6) is 0.405. The van der Waals surface area contributed by atoms with Gasteiger partial charge in [-0.2, -0.15) is 0 Å². The second kappa shape index (κ2) is 8.67. The molecule has 2 rings (SSSR count). The highest BCUT2D eigenvalue weighted by Gasteiger charge is 2.28. The van der Waals surface area contributed by atoms with Crippen molar-refractivity contribution in [3.8, 4) is 0 Å². The van der Waals surface area contributed by atoms with Crippen LogP contribution in [0.5, 0.6) is 0 Å². The molecule has 0 aliphatic carbocycles. The second-order valence-corrected chi connectivity index (χ2v) is 5.83. The summed E-state index contributed by atoms with van der Waals surface area (Å²) in [5.41, 5.74) is 0.893. The zero-order chi connectivity index (χ0) is 16.7. The minimum atomic E-state index is -0.501. The van der Waals surface area contributed by atoms with E-state index in [2.05, 4.69) is 0 Å². The highest BCUT2D eigenvalue weighted by atomic mass is 16.6. The Morgan fingerprint density at radius 2 is 1.87 bits per heavy atom. The van der Waals surface area contributed by atoms with Gasteiger partial charge in [-0.1, -0.05) is 30.3 Å². The summed E-state index contributed by atoms with van der Waals surface area (Å²) in [6.07, 6.45) is 1.39. The molecular formula is C18H25NO4. The number of amides is 1. The lowest BCUT2D eigenvalue weighted by molar-refractivity contribution is -0.130. The summed E-state index contributed by atoms with van der Waals surface area (Å²) in [6, 6.07) is 9.57. The van der Waals surface area contributed by atoms with Gasteiger partial charge in [-0.25, -0.2) is 4.79 Å². The van der Waals surface area contributed by atoms with Crippen molar-refractivity contribution in [2.24, 2.45) is 5.92 Å². The van der Waals surface area contributed by atoms with Gasteiger partial charge in [0, 0.05) is 26.6 Å². The number of hydrogen-bond donors (Lipinski definition) is 0. The molecule has 1 atom stereocenters. The number of likely N-dealkylation sites (tertiary alicyclic amines) is 1. The number of ketones is 1. The van der Waals surface area contributed by atoms with E-state index in [1.165, 1.54) is 0 Å². The van der Waals surface area contributed by atoms with Crippen molar-refractivity contribution >= 4 is 11.9 Å². The molecule has 0 radical (unpaired) electrons. The third-order valence-electron chi connectivity index (χ3n) is 4.26. The van der Waals surface area contributed by atoms with E-state index in [0.717, 1.165) is 18.4 Å². The molecule has 1 heterocycles. The van der Waals surface area contributed by atoms with Gasteiger partial charge in [-0.15, -0.1) is 0 Å². The van der Waals surface area contributed by atoms with E-state index in [4.69, 9.17) is 9.47 Å². The fourth-order valence-corrected chi connectivity index (χ4v) is 3.01. The van der Waals surface area contributed by atoms with Crippen LogP contribution in [0.2, 0.25) is 0 Å². The quantitative estimate of drug-likeness (QED) is 0.808. The average Bonchev–Trinajstić information content (AvgIpc) is 2.57. The van der Waals surface area contributed by atoms with Gasteiger partial charge in [0.05, 0.1) is 6.61 Å². The SMILES string of the molecule is CCOC(=O)N1CCC(CC(=O)[C@@H](OC)c2ccccc2)CC1. The second-order valence-electron chi connectivity index (χ2n) is 5.83. The molecule has 1 amide bonds. The molecule has 1 fully saturated rings. The minimum Gasteiger partial charge on any atom is -0.450 e. The van der Waals surface area contributed by atoms with E-state index < -0.39 is 6.10 Å². The summed E-state index contributed by atoms with van der Waals surface area (Å²) in [5, 5.41) is 0. The van der Waals surface area contributed by atoms with Crippen LogP contribution >= 0.6 is 0 Å². The van der Waals surface area contributed by atoms with Crippen molar-refractivity contribution < 1.29 is 19.1 Å². The Labute approximate surface area is 137 Å². The van der Waals surface area contributed by atoms with Crippen LogP contribution in [0, 0.1) is 5.92 Å². The van der Waals surface area contributed by atoms with Crippen molar-refractivity contribution in [2.45, 2.75) is 32.3 Å². The van der Waals surface area contributed by atoms with Crippen LogP contribution in [0.4, 0.5) is 4.79 Å². The minimum absolute atomic E-state index is 0.105. The number of hydrogen-bond acceptors (Lipinski definition) is 4. The first kappa shape index (κ1) is 17.5. The molecule has 1 aromatic carbocycles. The standard InChI is InChI=1S/C18H25NO4/c1-3-23-18(21)19-11-9-14(10-12-19)13-16(20)17(22-2)15-7-5-4-6-8-15/h4-8,14,17H,3,9-13H2,1-2H3/t17-/m0/s1. The molecule has 0 unspecified atom stereocenters. The van der Waals surface area contributed by atoms with Crippen LogP contribution < -0.4 is 0 Å². The molecule has 0 bridgehead atoms. The molecule has 0 saturated carbocycles. The number of rotatable bonds is 6. The zero-order valence-electron chi connectivity index (χ0n) is 13.9. The van der Waals surface area contributed by atoms with Gasteiger partial charge in [0.25, 0.3) is 0 Å². The number of methoxy groups -OCH3 is 1. The summed E-state index contributed by atoms with van der Waals surface area (Å²) in [6.45, 7) is 3.50. The van der Waals surface area contributed by atoms with Crippen LogP contribution in [0.15, 0.2) is 30.3 Å². The Morgan fingerprint density at radius 1 is 1.22 bits per heavy atom. The van der Waals surface area contributed by atoms with Crippen molar-refractivity contribution in [1.82, 2.24) is 4.90 Å². The Bertz CT molecular complexity index is 509. The van der Waals surface area contributed by atoms with Crippen LogP contribution in [-0.4, -0.2) is 43.6 Å². The summed E-state index contributed by atoms with van der Waals surface area (Å²) in [4.78, 5) is 25.9. The number of benzene rings is 1. The van der Waals surface area contributed by atoms with E-state index in [1.54, 1.807) is 18.9 Å². The first-order valence-electron chi connectivity index (χ1n) is 8.17. The van der Waals surface area contributed by atoms with Crippen molar-refractivity contribution in [2.75, 3.05) is 26.8 Å².